The Hall–Kier alpha value is -4.94. The van der Waals surface area contributed by atoms with E-state index in [1.165, 1.54) is 0 Å². The second-order valence-corrected chi connectivity index (χ2v) is 11.4. The summed E-state index contributed by atoms with van der Waals surface area (Å²) in [5.41, 5.74) is 0.763. The number of hydrogen-bond acceptors (Lipinski definition) is 6. The monoisotopic (exact) mass is 584 g/mol. The number of rotatable bonds is 14. The van der Waals surface area contributed by atoms with Crippen molar-refractivity contribution in [2.45, 2.75) is 65.2 Å². The van der Waals surface area contributed by atoms with Gasteiger partial charge in [0.05, 0.1) is 24.3 Å². The molecule has 5 aromatic carbocycles. The van der Waals surface area contributed by atoms with Gasteiger partial charge < -0.3 is 19.1 Å². The fraction of sp³-hybridized carbons (Fsp3) is 0.316. The van der Waals surface area contributed by atoms with Crippen LogP contribution < -0.4 is 9.47 Å². The van der Waals surface area contributed by atoms with Crippen LogP contribution in [0.2, 0.25) is 0 Å². The van der Waals surface area contributed by atoms with Crippen molar-refractivity contribution in [3.8, 4) is 23.6 Å². The van der Waals surface area contributed by atoms with Gasteiger partial charge in [0, 0.05) is 23.6 Å². The maximum absolute atomic E-state index is 11.2. The molecule has 0 aromatic heterocycles. The standard InChI is InChI=1S/C38H36N2O4/c1-25(41)9-5-3-7-19-43-29-13-17-31-27(21-29)11-15-33-35(23-39)36(24-40)34-16-12-28-22-30(14-18-32(28)38(34)37(31)33)44-20-8-4-6-10-26(2)42/h11-18,21-22H,3-10,19-20H2,1-2H3. The van der Waals surface area contributed by atoms with Crippen LogP contribution in [-0.2, 0) is 9.59 Å². The van der Waals surface area contributed by atoms with Crippen molar-refractivity contribution in [3.63, 3.8) is 0 Å². The van der Waals surface area contributed by atoms with Crippen LogP contribution in [0, 0.1) is 22.7 Å². The Bertz CT molecular complexity index is 1820. The van der Waals surface area contributed by atoms with Gasteiger partial charge in [-0.1, -0.05) is 36.4 Å². The summed E-state index contributed by atoms with van der Waals surface area (Å²) in [7, 11) is 0. The Labute approximate surface area is 257 Å². The Balaban J connectivity index is 1.51. The summed E-state index contributed by atoms with van der Waals surface area (Å²) in [6.45, 7) is 4.41. The lowest BCUT2D eigenvalue weighted by molar-refractivity contribution is -0.118. The third kappa shape index (κ3) is 6.66. The number of nitriles is 2. The minimum Gasteiger partial charge on any atom is -0.494 e. The summed E-state index contributed by atoms with van der Waals surface area (Å²) >= 11 is 0. The summed E-state index contributed by atoms with van der Waals surface area (Å²) in [5, 5.41) is 27.6. The first-order valence-electron chi connectivity index (χ1n) is 15.3. The van der Waals surface area contributed by atoms with Gasteiger partial charge >= 0.3 is 0 Å². The molecule has 0 saturated carbocycles. The second kappa shape index (κ2) is 14.0. The van der Waals surface area contributed by atoms with Gasteiger partial charge in [-0.15, -0.1) is 0 Å². The van der Waals surface area contributed by atoms with Gasteiger partial charge in [-0.05, 0) is 109 Å². The first kappa shape index (κ1) is 30.5. The molecule has 0 aliphatic rings. The molecule has 0 atom stereocenters. The molecular formula is C38H36N2O4. The largest absolute Gasteiger partial charge is 0.494 e. The Morgan fingerprint density at radius 1 is 0.568 bits per heavy atom. The number of carbonyl (C=O) groups is 2. The second-order valence-electron chi connectivity index (χ2n) is 11.4. The molecule has 0 fully saturated rings. The van der Waals surface area contributed by atoms with Crippen molar-refractivity contribution >= 4 is 54.7 Å². The van der Waals surface area contributed by atoms with Crippen molar-refractivity contribution in [3.05, 3.63) is 71.8 Å². The molecule has 6 nitrogen and oxygen atoms in total. The number of benzene rings is 5. The number of nitrogens with zero attached hydrogens (tertiary/aromatic N) is 2. The van der Waals surface area contributed by atoms with E-state index in [1.54, 1.807) is 13.8 Å². The van der Waals surface area contributed by atoms with Gasteiger partial charge in [-0.3, -0.25) is 0 Å². The first-order chi connectivity index (χ1) is 21.4. The lowest BCUT2D eigenvalue weighted by Gasteiger charge is -2.15. The van der Waals surface area contributed by atoms with Gasteiger partial charge in [-0.25, -0.2) is 0 Å². The van der Waals surface area contributed by atoms with E-state index >= 15 is 0 Å². The van der Waals surface area contributed by atoms with E-state index < -0.39 is 0 Å². The number of fused-ring (bicyclic) bond motifs is 7. The average Bonchev–Trinajstić information content (AvgIpc) is 3.02. The van der Waals surface area contributed by atoms with Crippen LogP contribution in [0.15, 0.2) is 60.7 Å². The zero-order valence-corrected chi connectivity index (χ0v) is 25.4. The van der Waals surface area contributed by atoms with Crippen LogP contribution in [0.3, 0.4) is 0 Å². The number of Topliss-reactive ketones (excluding diaryl/α,β-unsaturated/α-hetero) is 2. The minimum absolute atomic E-state index is 0.219. The molecule has 0 N–H and O–H groups in total. The van der Waals surface area contributed by atoms with Gasteiger partial charge in [0.15, 0.2) is 0 Å². The normalized spacial score (nSPS) is 11.1. The predicted molar refractivity (Wildman–Crippen MR) is 175 cm³/mol. The molecule has 0 amide bonds. The summed E-state index contributed by atoms with van der Waals surface area (Å²) < 4.78 is 12.1. The van der Waals surface area contributed by atoms with E-state index in [0.29, 0.717) is 37.2 Å². The van der Waals surface area contributed by atoms with E-state index in [-0.39, 0.29) is 11.6 Å². The summed E-state index contributed by atoms with van der Waals surface area (Å²) in [6.07, 6.45) is 6.65. The predicted octanol–water partition coefficient (Wildman–Crippen LogP) is 9.10. The number of ketones is 2. The van der Waals surface area contributed by atoms with Gasteiger partial charge in [0.25, 0.3) is 0 Å². The highest BCUT2D eigenvalue weighted by atomic mass is 16.5. The van der Waals surface area contributed by atoms with E-state index in [4.69, 9.17) is 9.47 Å². The number of carbonyl (C=O) groups excluding carboxylic acids is 2. The van der Waals surface area contributed by atoms with Crippen LogP contribution in [0.5, 0.6) is 11.5 Å². The summed E-state index contributed by atoms with van der Waals surface area (Å²) in [5.74, 6) is 1.98. The van der Waals surface area contributed by atoms with Crippen molar-refractivity contribution < 1.29 is 19.1 Å². The Morgan fingerprint density at radius 2 is 0.977 bits per heavy atom. The van der Waals surface area contributed by atoms with E-state index in [1.807, 2.05) is 60.7 Å². The van der Waals surface area contributed by atoms with Crippen LogP contribution in [0.4, 0.5) is 0 Å². The minimum atomic E-state index is 0.219. The Morgan fingerprint density at radius 3 is 1.36 bits per heavy atom. The summed E-state index contributed by atoms with van der Waals surface area (Å²) in [4.78, 5) is 22.3. The maximum Gasteiger partial charge on any atom is 0.129 e. The average molecular weight is 585 g/mol. The first-order valence-corrected chi connectivity index (χ1v) is 15.3. The highest BCUT2D eigenvalue weighted by Gasteiger charge is 2.18. The molecular weight excluding hydrogens is 548 g/mol. The molecule has 0 saturated heterocycles. The highest BCUT2D eigenvalue weighted by Crippen LogP contribution is 2.41. The molecule has 0 bridgehead atoms. The number of hydrogen-bond donors (Lipinski definition) is 0. The van der Waals surface area contributed by atoms with Crippen LogP contribution in [-0.4, -0.2) is 24.8 Å². The van der Waals surface area contributed by atoms with Crippen molar-refractivity contribution in [1.29, 1.82) is 10.5 Å². The van der Waals surface area contributed by atoms with E-state index in [9.17, 15) is 20.1 Å². The van der Waals surface area contributed by atoms with E-state index in [0.717, 1.165) is 93.1 Å². The molecule has 0 aliphatic heterocycles. The lowest BCUT2D eigenvalue weighted by Crippen LogP contribution is -1.99. The van der Waals surface area contributed by atoms with Crippen LogP contribution in [0.25, 0.3) is 43.1 Å². The SMILES string of the molecule is CC(=O)CCCCCOc1ccc2c(ccc3c(C#N)c(C#N)c4ccc5cc(OCCCCCC(C)=O)ccc5c4c32)c1. The maximum atomic E-state index is 11.2. The zero-order chi connectivity index (χ0) is 31.1. The zero-order valence-electron chi connectivity index (χ0n) is 25.4. The number of unbranched alkanes of at least 4 members (excludes halogenated alkanes) is 4. The fourth-order valence-electron chi connectivity index (χ4n) is 5.94. The Kier molecular flexibility index (Phi) is 9.72. The smallest absolute Gasteiger partial charge is 0.129 e. The molecule has 5 rings (SSSR count). The van der Waals surface area contributed by atoms with Crippen LogP contribution in [0.1, 0.15) is 76.3 Å². The van der Waals surface area contributed by atoms with Gasteiger partial charge in [0.1, 0.15) is 35.2 Å². The molecule has 0 spiro atoms. The molecule has 0 unspecified atom stereocenters. The van der Waals surface area contributed by atoms with Crippen molar-refractivity contribution in [1.82, 2.24) is 0 Å². The fourth-order valence-corrected chi connectivity index (χ4v) is 5.94. The molecule has 222 valence electrons. The van der Waals surface area contributed by atoms with Crippen molar-refractivity contribution in [2.75, 3.05) is 13.2 Å². The molecule has 0 aliphatic carbocycles. The van der Waals surface area contributed by atoms with Crippen LogP contribution >= 0.6 is 0 Å². The topological polar surface area (TPSA) is 100 Å². The van der Waals surface area contributed by atoms with Gasteiger partial charge in [0.2, 0.25) is 0 Å². The quantitative estimate of drug-likeness (QED) is 0.0953. The molecule has 0 radical (unpaired) electrons. The molecule has 5 aromatic rings. The highest BCUT2D eigenvalue weighted by molar-refractivity contribution is 6.29. The third-order valence-corrected chi connectivity index (χ3v) is 8.13. The third-order valence-electron chi connectivity index (χ3n) is 8.13. The van der Waals surface area contributed by atoms with E-state index in [2.05, 4.69) is 12.1 Å². The molecule has 44 heavy (non-hydrogen) atoms. The lowest BCUT2D eigenvalue weighted by atomic mass is 9.87. The number of ether oxygens (including phenoxy) is 2. The van der Waals surface area contributed by atoms with Crippen molar-refractivity contribution in [2.24, 2.45) is 0 Å². The van der Waals surface area contributed by atoms with Gasteiger partial charge in [-0.2, -0.15) is 10.5 Å². The molecule has 6 heteroatoms. The summed E-state index contributed by atoms with van der Waals surface area (Å²) in [6, 6.07) is 24.5. The molecule has 0 heterocycles.